The van der Waals surface area contributed by atoms with E-state index in [-0.39, 0.29) is 11.9 Å². The van der Waals surface area contributed by atoms with Crippen molar-refractivity contribution in [1.82, 2.24) is 10.6 Å². The highest BCUT2D eigenvalue weighted by Crippen LogP contribution is 2.18. The molecule has 4 heteroatoms. The van der Waals surface area contributed by atoms with Gasteiger partial charge in [0.1, 0.15) is 0 Å². The quantitative estimate of drug-likeness (QED) is 0.737. The van der Waals surface area contributed by atoms with Crippen molar-refractivity contribution in [1.29, 1.82) is 0 Å². The standard InChI is InChI=1S/C15H24N2O2/c1-11-5-6-12(2)14(9-11)13(3)17-10-15(18)16-7-8-19-4/h5-6,9,13,17H,7-8,10H2,1-4H3,(H,16,18). The molecule has 19 heavy (non-hydrogen) atoms. The lowest BCUT2D eigenvalue weighted by atomic mass is 10.00. The van der Waals surface area contributed by atoms with Crippen LogP contribution in [0, 0.1) is 13.8 Å². The Morgan fingerprint density at radius 3 is 2.79 bits per heavy atom. The molecule has 2 N–H and O–H groups in total. The second-order valence-corrected chi connectivity index (χ2v) is 4.81. The third kappa shape index (κ3) is 5.41. The molecule has 1 amide bonds. The lowest BCUT2D eigenvalue weighted by molar-refractivity contribution is -0.120. The van der Waals surface area contributed by atoms with Gasteiger partial charge in [0.2, 0.25) is 5.91 Å². The van der Waals surface area contributed by atoms with Crippen LogP contribution >= 0.6 is 0 Å². The highest BCUT2D eigenvalue weighted by atomic mass is 16.5. The van der Waals surface area contributed by atoms with Crippen LogP contribution in [0.4, 0.5) is 0 Å². The number of methoxy groups -OCH3 is 1. The van der Waals surface area contributed by atoms with E-state index in [1.807, 2.05) is 0 Å². The van der Waals surface area contributed by atoms with Crippen molar-refractivity contribution in [2.45, 2.75) is 26.8 Å². The molecule has 0 bridgehead atoms. The Morgan fingerprint density at radius 2 is 2.11 bits per heavy atom. The summed E-state index contributed by atoms with van der Waals surface area (Å²) in [5, 5.41) is 6.03. The summed E-state index contributed by atoms with van der Waals surface area (Å²) in [5.41, 5.74) is 3.72. The second-order valence-electron chi connectivity index (χ2n) is 4.81. The average molecular weight is 264 g/mol. The Kier molecular flexibility index (Phi) is 6.53. The van der Waals surface area contributed by atoms with Crippen LogP contribution in [0.25, 0.3) is 0 Å². The molecule has 106 valence electrons. The van der Waals surface area contributed by atoms with E-state index in [0.717, 1.165) is 0 Å². The zero-order chi connectivity index (χ0) is 14.3. The maximum absolute atomic E-state index is 11.6. The third-order valence-electron chi connectivity index (χ3n) is 3.10. The first-order chi connectivity index (χ1) is 9.04. The molecule has 0 aromatic heterocycles. The Morgan fingerprint density at radius 1 is 1.37 bits per heavy atom. The molecule has 0 aliphatic carbocycles. The number of aryl methyl sites for hydroxylation is 2. The Hall–Kier alpha value is -1.39. The zero-order valence-corrected chi connectivity index (χ0v) is 12.2. The lowest BCUT2D eigenvalue weighted by Gasteiger charge is -2.17. The van der Waals surface area contributed by atoms with Crippen LogP contribution in [0.3, 0.4) is 0 Å². The van der Waals surface area contributed by atoms with Crippen molar-refractivity contribution in [2.24, 2.45) is 0 Å². The van der Waals surface area contributed by atoms with Crippen LogP contribution < -0.4 is 10.6 Å². The van der Waals surface area contributed by atoms with Crippen molar-refractivity contribution >= 4 is 5.91 Å². The fraction of sp³-hybridized carbons (Fsp3) is 0.533. The number of hydrogen-bond acceptors (Lipinski definition) is 3. The van der Waals surface area contributed by atoms with Crippen LogP contribution in [0.2, 0.25) is 0 Å². The minimum Gasteiger partial charge on any atom is -0.383 e. The number of benzene rings is 1. The molecular formula is C15H24N2O2. The summed E-state index contributed by atoms with van der Waals surface area (Å²) in [6.07, 6.45) is 0. The van der Waals surface area contributed by atoms with Gasteiger partial charge in [0, 0.05) is 19.7 Å². The van der Waals surface area contributed by atoms with Gasteiger partial charge in [0.25, 0.3) is 0 Å². The summed E-state index contributed by atoms with van der Waals surface area (Å²) in [5.74, 6) is -0.00536. The van der Waals surface area contributed by atoms with Gasteiger partial charge in [-0.05, 0) is 31.9 Å². The van der Waals surface area contributed by atoms with Crippen LogP contribution in [-0.2, 0) is 9.53 Å². The summed E-state index contributed by atoms with van der Waals surface area (Å²) in [7, 11) is 1.62. The van der Waals surface area contributed by atoms with Crippen molar-refractivity contribution in [2.75, 3.05) is 26.8 Å². The molecule has 0 radical (unpaired) electrons. The third-order valence-corrected chi connectivity index (χ3v) is 3.10. The van der Waals surface area contributed by atoms with Gasteiger partial charge >= 0.3 is 0 Å². The predicted octanol–water partition coefficient (Wildman–Crippen LogP) is 1.72. The van der Waals surface area contributed by atoms with E-state index in [1.54, 1.807) is 7.11 Å². The van der Waals surface area contributed by atoms with Gasteiger partial charge in [0.05, 0.1) is 13.2 Å². The van der Waals surface area contributed by atoms with Crippen LogP contribution in [0.15, 0.2) is 18.2 Å². The van der Waals surface area contributed by atoms with Crippen molar-refractivity contribution in [3.05, 3.63) is 34.9 Å². The van der Waals surface area contributed by atoms with Crippen molar-refractivity contribution in [3.63, 3.8) is 0 Å². The maximum Gasteiger partial charge on any atom is 0.234 e. The summed E-state index contributed by atoms with van der Waals surface area (Å²) in [4.78, 5) is 11.6. The number of nitrogens with one attached hydrogen (secondary N) is 2. The average Bonchev–Trinajstić information content (AvgIpc) is 2.39. The van der Waals surface area contributed by atoms with Gasteiger partial charge < -0.3 is 15.4 Å². The normalized spacial score (nSPS) is 12.2. The van der Waals surface area contributed by atoms with E-state index in [0.29, 0.717) is 19.7 Å². The van der Waals surface area contributed by atoms with Crippen molar-refractivity contribution in [3.8, 4) is 0 Å². The van der Waals surface area contributed by atoms with Gasteiger partial charge in [-0.1, -0.05) is 23.8 Å². The number of hydrogen-bond donors (Lipinski definition) is 2. The second kappa shape index (κ2) is 7.92. The smallest absolute Gasteiger partial charge is 0.234 e. The number of carbonyl (C=O) groups excluding carboxylic acids is 1. The Bertz CT molecular complexity index is 419. The molecule has 4 nitrogen and oxygen atoms in total. The molecule has 0 spiro atoms. The van der Waals surface area contributed by atoms with E-state index >= 15 is 0 Å². The molecule has 0 saturated carbocycles. The fourth-order valence-corrected chi connectivity index (χ4v) is 1.94. The van der Waals surface area contributed by atoms with E-state index in [9.17, 15) is 4.79 Å². The molecule has 0 heterocycles. The minimum atomic E-state index is -0.00536. The number of ether oxygens (including phenoxy) is 1. The first-order valence-corrected chi connectivity index (χ1v) is 6.60. The van der Waals surface area contributed by atoms with Gasteiger partial charge in [-0.25, -0.2) is 0 Å². The molecule has 0 aliphatic rings. The molecule has 1 aromatic carbocycles. The number of amides is 1. The maximum atomic E-state index is 11.6. The number of carbonyl (C=O) groups is 1. The summed E-state index contributed by atoms with van der Waals surface area (Å²) >= 11 is 0. The predicted molar refractivity (Wildman–Crippen MR) is 77.2 cm³/mol. The summed E-state index contributed by atoms with van der Waals surface area (Å²) in [6.45, 7) is 7.65. The molecule has 1 atom stereocenters. The first-order valence-electron chi connectivity index (χ1n) is 6.60. The first kappa shape index (κ1) is 15.7. The lowest BCUT2D eigenvalue weighted by Crippen LogP contribution is -2.36. The van der Waals surface area contributed by atoms with Gasteiger partial charge in [-0.3, -0.25) is 4.79 Å². The largest absolute Gasteiger partial charge is 0.383 e. The number of rotatable bonds is 7. The highest BCUT2D eigenvalue weighted by molar-refractivity contribution is 5.78. The zero-order valence-electron chi connectivity index (χ0n) is 12.2. The molecular weight excluding hydrogens is 240 g/mol. The van der Waals surface area contributed by atoms with E-state index in [1.165, 1.54) is 16.7 Å². The summed E-state index contributed by atoms with van der Waals surface area (Å²) < 4.78 is 4.88. The highest BCUT2D eigenvalue weighted by Gasteiger charge is 2.09. The molecule has 1 rings (SSSR count). The minimum absolute atomic E-state index is 0.00536. The van der Waals surface area contributed by atoms with Gasteiger partial charge in [-0.2, -0.15) is 0 Å². The fourth-order valence-electron chi connectivity index (χ4n) is 1.94. The van der Waals surface area contributed by atoms with Gasteiger partial charge in [-0.15, -0.1) is 0 Å². The topological polar surface area (TPSA) is 50.4 Å². The Labute approximate surface area is 115 Å². The van der Waals surface area contributed by atoms with E-state index in [2.05, 4.69) is 49.6 Å². The van der Waals surface area contributed by atoms with Crippen LogP contribution in [-0.4, -0.2) is 32.7 Å². The van der Waals surface area contributed by atoms with Crippen LogP contribution in [0.1, 0.15) is 29.7 Å². The SMILES string of the molecule is COCCNC(=O)CNC(C)c1cc(C)ccc1C. The van der Waals surface area contributed by atoms with Crippen molar-refractivity contribution < 1.29 is 9.53 Å². The van der Waals surface area contributed by atoms with Gasteiger partial charge in [0.15, 0.2) is 0 Å². The monoisotopic (exact) mass is 264 g/mol. The molecule has 1 aromatic rings. The van der Waals surface area contributed by atoms with Crippen LogP contribution in [0.5, 0.6) is 0 Å². The molecule has 0 fully saturated rings. The van der Waals surface area contributed by atoms with E-state index in [4.69, 9.17) is 4.74 Å². The molecule has 1 unspecified atom stereocenters. The molecule has 0 saturated heterocycles. The molecule has 0 aliphatic heterocycles. The summed E-state index contributed by atoms with van der Waals surface area (Å²) in [6, 6.07) is 6.54. The van der Waals surface area contributed by atoms with E-state index < -0.39 is 0 Å². The Balaban J connectivity index is 2.44.